The third kappa shape index (κ3) is 3.54. The van der Waals surface area contributed by atoms with E-state index >= 15 is 0 Å². The number of aromatic nitrogens is 1. The van der Waals surface area contributed by atoms with Gasteiger partial charge in [-0.05, 0) is 75.3 Å². The Hall–Kier alpha value is -2.30. The molecule has 0 aliphatic carbocycles. The van der Waals surface area contributed by atoms with Gasteiger partial charge in [0.25, 0.3) is 0 Å². The number of halogens is 1. The number of ether oxygens (including phenoxy) is 1. The molecule has 0 unspecified atom stereocenters. The average Bonchev–Trinajstić information content (AvgIpc) is 3.00. The smallest absolute Gasteiger partial charge is 0.179 e. The van der Waals surface area contributed by atoms with Crippen molar-refractivity contribution in [1.82, 2.24) is 9.47 Å². The van der Waals surface area contributed by atoms with E-state index in [1.54, 1.807) is 7.11 Å². The Labute approximate surface area is 170 Å². The second-order valence-electron chi connectivity index (χ2n) is 7.42. The number of methoxy groups -OCH3 is 1. The number of ketones is 1. The molecule has 1 aliphatic rings. The van der Waals surface area contributed by atoms with Crippen molar-refractivity contribution in [1.29, 1.82) is 0 Å². The van der Waals surface area contributed by atoms with Crippen LogP contribution >= 0.6 is 11.6 Å². The molecule has 2 heterocycles. The van der Waals surface area contributed by atoms with Crippen LogP contribution in [0.4, 0.5) is 0 Å². The Morgan fingerprint density at radius 3 is 2.46 bits per heavy atom. The number of fused-ring (bicyclic) bond motifs is 1. The maximum Gasteiger partial charge on any atom is 0.179 e. The number of carbonyl (C=O) groups is 1. The Kier molecular flexibility index (Phi) is 5.42. The largest absolute Gasteiger partial charge is 0.497 e. The number of benzene rings is 2. The molecule has 4 nitrogen and oxygen atoms in total. The highest BCUT2D eigenvalue weighted by Gasteiger charge is 2.23. The molecular formula is C23H25ClN2O2. The average molecular weight is 397 g/mol. The van der Waals surface area contributed by atoms with Crippen LogP contribution in [0.1, 0.15) is 35.3 Å². The molecule has 1 aromatic heterocycles. The first-order valence-electron chi connectivity index (χ1n) is 9.79. The van der Waals surface area contributed by atoms with E-state index in [1.165, 1.54) is 19.3 Å². The van der Waals surface area contributed by atoms with E-state index < -0.39 is 0 Å². The van der Waals surface area contributed by atoms with Crippen LogP contribution < -0.4 is 4.74 Å². The van der Waals surface area contributed by atoms with Crippen LogP contribution in [0.5, 0.6) is 5.75 Å². The normalized spacial score (nSPS) is 15.1. The summed E-state index contributed by atoms with van der Waals surface area (Å²) in [5.41, 5.74) is 3.73. The van der Waals surface area contributed by atoms with E-state index in [-0.39, 0.29) is 5.78 Å². The number of nitrogens with zero attached hydrogens (tertiary/aromatic N) is 2. The Balaban J connectivity index is 1.83. The summed E-state index contributed by atoms with van der Waals surface area (Å²) in [7, 11) is 1.65. The van der Waals surface area contributed by atoms with Crippen LogP contribution in [0.3, 0.4) is 0 Å². The molecule has 28 heavy (non-hydrogen) atoms. The van der Waals surface area contributed by atoms with Crippen molar-refractivity contribution in [2.24, 2.45) is 0 Å². The molecule has 0 bridgehead atoms. The van der Waals surface area contributed by atoms with Gasteiger partial charge in [0.2, 0.25) is 0 Å². The SMILES string of the molecule is COc1ccc2c(c1)c(C(=O)CN1CCCCC1)c(C)n2-c1ccc(Cl)cc1. The molecule has 5 heteroatoms. The highest BCUT2D eigenvalue weighted by molar-refractivity contribution is 6.30. The first kappa shape index (κ1) is 19.0. The third-order valence-corrected chi connectivity index (χ3v) is 5.84. The van der Waals surface area contributed by atoms with Crippen molar-refractivity contribution in [2.75, 3.05) is 26.7 Å². The lowest BCUT2D eigenvalue weighted by Gasteiger charge is -2.25. The van der Waals surface area contributed by atoms with Gasteiger partial charge in [0.05, 0.1) is 19.2 Å². The summed E-state index contributed by atoms with van der Waals surface area (Å²) in [5, 5.41) is 1.63. The van der Waals surface area contributed by atoms with Crippen molar-refractivity contribution >= 4 is 28.3 Å². The zero-order valence-corrected chi connectivity index (χ0v) is 17.1. The van der Waals surface area contributed by atoms with Gasteiger partial charge in [-0.3, -0.25) is 9.69 Å². The summed E-state index contributed by atoms with van der Waals surface area (Å²) in [6.45, 7) is 4.50. The van der Waals surface area contributed by atoms with Gasteiger partial charge in [-0.25, -0.2) is 0 Å². The molecule has 0 amide bonds. The minimum Gasteiger partial charge on any atom is -0.497 e. The second kappa shape index (κ2) is 7.98. The van der Waals surface area contributed by atoms with Gasteiger partial charge in [-0.1, -0.05) is 18.0 Å². The predicted octanol–water partition coefficient (Wildman–Crippen LogP) is 5.27. The molecule has 1 aliphatic heterocycles. The van der Waals surface area contributed by atoms with Gasteiger partial charge in [0.15, 0.2) is 5.78 Å². The number of likely N-dealkylation sites (tertiary alicyclic amines) is 1. The molecule has 146 valence electrons. The second-order valence-corrected chi connectivity index (χ2v) is 7.85. The van der Waals surface area contributed by atoms with Crippen LogP contribution in [0.2, 0.25) is 5.02 Å². The highest BCUT2D eigenvalue weighted by atomic mass is 35.5. The molecule has 0 N–H and O–H groups in total. The van der Waals surface area contributed by atoms with Gasteiger partial charge in [-0.2, -0.15) is 0 Å². The van der Waals surface area contributed by atoms with Gasteiger partial charge in [0, 0.05) is 27.4 Å². The van der Waals surface area contributed by atoms with E-state index in [2.05, 4.69) is 9.47 Å². The van der Waals surface area contributed by atoms with Crippen molar-refractivity contribution < 1.29 is 9.53 Å². The lowest BCUT2D eigenvalue weighted by molar-refractivity contribution is 0.0916. The zero-order chi connectivity index (χ0) is 19.7. The van der Waals surface area contributed by atoms with E-state index in [0.29, 0.717) is 11.6 Å². The standard InChI is InChI=1S/C23H25ClN2O2/c1-16-23(22(27)15-25-12-4-3-5-13-25)20-14-19(28-2)10-11-21(20)26(16)18-8-6-17(24)7-9-18/h6-11,14H,3-5,12-13,15H2,1-2H3. The summed E-state index contributed by atoms with van der Waals surface area (Å²) in [5.74, 6) is 0.929. The summed E-state index contributed by atoms with van der Waals surface area (Å²) in [4.78, 5) is 15.6. The maximum absolute atomic E-state index is 13.3. The molecule has 4 rings (SSSR count). The predicted molar refractivity (Wildman–Crippen MR) is 114 cm³/mol. The fraction of sp³-hybridized carbons (Fsp3) is 0.348. The summed E-state index contributed by atoms with van der Waals surface area (Å²) < 4.78 is 7.56. The first-order chi connectivity index (χ1) is 13.6. The maximum atomic E-state index is 13.3. The molecule has 0 radical (unpaired) electrons. The summed E-state index contributed by atoms with van der Waals surface area (Å²) in [6.07, 6.45) is 3.61. The molecule has 1 saturated heterocycles. The Morgan fingerprint density at radius 1 is 1.07 bits per heavy atom. The number of hydrogen-bond donors (Lipinski definition) is 0. The molecule has 1 fully saturated rings. The van der Waals surface area contributed by atoms with Crippen molar-refractivity contribution in [3.63, 3.8) is 0 Å². The number of hydrogen-bond acceptors (Lipinski definition) is 3. The minimum absolute atomic E-state index is 0.172. The Bertz CT molecular complexity index is 1000. The zero-order valence-electron chi connectivity index (χ0n) is 16.4. The van der Waals surface area contributed by atoms with E-state index in [0.717, 1.165) is 46.7 Å². The number of piperidine rings is 1. The fourth-order valence-corrected chi connectivity index (χ4v) is 4.33. The number of rotatable bonds is 5. The van der Waals surface area contributed by atoms with Crippen LogP contribution in [-0.4, -0.2) is 42.0 Å². The van der Waals surface area contributed by atoms with E-state index in [4.69, 9.17) is 16.3 Å². The molecule has 0 atom stereocenters. The molecular weight excluding hydrogens is 372 g/mol. The van der Waals surface area contributed by atoms with Crippen molar-refractivity contribution in [3.8, 4) is 11.4 Å². The fourth-order valence-electron chi connectivity index (χ4n) is 4.20. The molecule has 2 aromatic carbocycles. The molecule has 0 saturated carbocycles. The summed E-state index contributed by atoms with van der Waals surface area (Å²) >= 11 is 6.08. The van der Waals surface area contributed by atoms with E-state index in [1.807, 2.05) is 49.4 Å². The molecule has 0 spiro atoms. The quantitative estimate of drug-likeness (QED) is 0.551. The highest BCUT2D eigenvalue weighted by Crippen LogP contribution is 2.33. The first-order valence-corrected chi connectivity index (χ1v) is 10.2. The van der Waals surface area contributed by atoms with Gasteiger partial charge in [0.1, 0.15) is 5.75 Å². The minimum atomic E-state index is 0.172. The number of carbonyl (C=O) groups excluding carboxylic acids is 1. The topological polar surface area (TPSA) is 34.5 Å². The lowest BCUT2D eigenvalue weighted by Crippen LogP contribution is -2.34. The van der Waals surface area contributed by atoms with Crippen LogP contribution in [0, 0.1) is 6.92 Å². The van der Waals surface area contributed by atoms with Crippen molar-refractivity contribution in [3.05, 3.63) is 58.7 Å². The monoisotopic (exact) mass is 396 g/mol. The van der Waals surface area contributed by atoms with Gasteiger partial charge < -0.3 is 9.30 Å². The number of Topliss-reactive ketones (excluding diaryl/α,β-unsaturated/α-hetero) is 1. The Morgan fingerprint density at radius 2 is 1.79 bits per heavy atom. The lowest BCUT2D eigenvalue weighted by atomic mass is 10.0. The van der Waals surface area contributed by atoms with Crippen LogP contribution in [0.15, 0.2) is 42.5 Å². The third-order valence-electron chi connectivity index (χ3n) is 5.59. The van der Waals surface area contributed by atoms with Gasteiger partial charge >= 0.3 is 0 Å². The summed E-state index contributed by atoms with van der Waals surface area (Å²) in [6, 6.07) is 13.6. The van der Waals surface area contributed by atoms with E-state index in [9.17, 15) is 4.79 Å². The molecule has 3 aromatic rings. The van der Waals surface area contributed by atoms with Crippen LogP contribution in [-0.2, 0) is 0 Å². The van der Waals surface area contributed by atoms with Crippen molar-refractivity contribution in [2.45, 2.75) is 26.2 Å². The van der Waals surface area contributed by atoms with Crippen LogP contribution in [0.25, 0.3) is 16.6 Å². The van der Waals surface area contributed by atoms with Gasteiger partial charge in [-0.15, -0.1) is 0 Å².